The normalized spacial score (nSPS) is 19.2. The lowest BCUT2D eigenvalue weighted by Gasteiger charge is -2.33. The summed E-state index contributed by atoms with van der Waals surface area (Å²) in [5.41, 5.74) is -1.10. The third kappa shape index (κ3) is 4.25. The average Bonchev–Trinajstić information content (AvgIpc) is 2.78. The van der Waals surface area contributed by atoms with Crippen LogP contribution >= 0.6 is 23.2 Å². The second kappa shape index (κ2) is 7.36. The van der Waals surface area contributed by atoms with Crippen molar-refractivity contribution < 1.29 is 23.8 Å². The maximum absolute atomic E-state index is 12.8. The van der Waals surface area contributed by atoms with Crippen LogP contribution in [0.5, 0.6) is 0 Å². The lowest BCUT2D eigenvalue weighted by molar-refractivity contribution is -0.150. The van der Waals surface area contributed by atoms with E-state index in [1.54, 1.807) is 32.9 Å². The van der Waals surface area contributed by atoms with Crippen molar-refractivity contribution in [2.75, 3.05) is 0 Å². The molecule has 0 N–H and O–H groups in total. The summed E-state index contributed by atoms with van der Waals surface area (Å²) >= 11 is 12.3. The first-order valence-electron chi connectivity index (χ1n) is 8.96. The van der Waals surface area contributed by atoms with Gasteiger partial charge in [0.05, 0.1) is 5.02 Å². The summed E-state index contributed by atoms with van der Waals surface area (Å²) in [5.74, 6) is -0.370. The van der Waals surface area contributed by atoms with Crippen LogP contribution < -0.4 is 0 Å². The first-order chi connectivity index (χ1) is 12.6. The lowest BCUT2D eigenvalue weighted by Crippen LogP contribution is -2.37. The Kier molecular flexibility index (Phi) is 5.46. The Hall–Kier alpha value is -1.72. The molecule has 7 heteroatoms. The zero-order chi connectivity index (χ0) is 19.8. The summed E-state index contributed by atoms with van der Waals surface area (Å²) in [6, 6.07) is 4.79. The van der Waals surface area contributed by atoms with Gasteiger partial charge >= 0.3 is 12.1 Å². The predicted molar refractivity (Wildman–Crippen MR) is 103 cm³/mol. The smallest absolute Gasteiger partial charge is 0.447 e. The van der Waals surface area contributed by atoms with E-state index in [0.29, 0.717) is 23.4 Å². The fourth-order valence-electron chi connectivity index (χ4n) is 3.47. The van der Waals surface area contributed by atoms with Gasteiger partial charge in [-0.15, -0.1) is 0 Å². The molecule has 27 heavy (non-hydrogen) atoms. The van der Waals surface area contributed by atoms with Gasteiger partial charge in [0.25, 0.3) is 0 Å². The Bertz CT molecular complexity index is 801. The molecule has 1 aliphatic heterocycles. The monoisotopic (exact) mass is 412 g/mol. The lowest BCUT2D eigenvalue weighted by atomic mass is 9.82. The molecular weight excluding hydrogens is 391 g/mol. The molecule has 0 aromatic heterocycles. The zero-order valence-electron chi connectivity index (χ0n) is 15.6. The van der Waals surface area contributed by atoms with Crippen LogP contribution in [0.4, 0.5) is 4.79 Å². The molecule has 1 aliphatic carbocycles. The van der Waals surface area contributed by atoms with E-state index < -0.39 is 23.3 Å². The van der Waals surface area contributed by atoms with Gasteiger partial charge in [-0.1, -0.05) is 35.7 Å². The topological polar surface area (TPSA) is 61.8 Å². The molecule has 1 spiro atoms. The molecule has 0 saturated heterocycles. The van der Waals surface area contributed by atoms with Gasteiger partial charge < -0.3 is 14.2 Å². The van der Waals surface area contributed by atoms with Crippen LogP contribution in [0.25, 0.3) is 5.57 Å². The van der Waals surface area contributed by atoms with Crippen LogP contribution in [0, 0.1) is 0 Å². The maximum atomic E-state index is 12.8. The molecule has 0 unspecified atom stereocenters. The van der Waals surface area contributed by atoms with Crippen molar-refractivity contribution in [2.45, 2.75) is 64.1 Å². The quantitative estimate of drug-likeness (QED) is 0.564. The summed E-state index contributed by atoms with van der Waals surface area (Å²) in [6.45, 7) is 5.23. The summed E-state index contributed by atoms with van der Waals surface area (Å²) < 4.78 is 16.6. The Morgan fingerprint density at radius 2 is 1.81 bits per heavy atom. The summed E-state index contributed by atoms with van der Waals surface area (Å²) in [6.07, 6.45) is 3.09. The van der Waals surface area contributed by atoms with E-state index in [2.05, 4.69) is 0 Å². The molecule has 1 aromatic carbocycles. The maximum Gasteiger partial charge on any atom is 0.514 e. The van der Waals surface area contributed by atoms with Gasteiger partial charge in [-0.3, -0.25) is 0 Å². The number of carbonyl (C=O) groups is 2. The van der Waals surface area contributed by atoms with Gasteiger partial charge in [0.2, 0.25) is 0 Å². The van der Waals surface area contributed by atoms with E-state index in [-0.39, 0.29) is 16.4 Å². The van der Waals surface area contributed by atoms with Crippen molar-refractivity contribution in [3.05, 3.63) is 39.6 Å². The van der Waals surface area contributed by atoms with Crippen molar-refractivity contribution in [2.24, 2.45) is 0 Å². The number of halogens is 2. The van der Waals surface area contributed by atoms with Crippen molar-refractivity contribution in [3.8, 4) is 0 Å². The van der Waals surface area contributed by atoms with Crippen LogP contribution in [-0.4, -0.2) is 23.3 Å². The van der Waals surface area contributed by atoms with Crippen LogP contribution in [0.2, 0.25) is 10.0 Å². The van der Waals surface area contributed by atoms with Gasteiger partial charge in [-0.25, -0.2) is 9.59 Å². The zero-order valence-corrected chi connectivity index (χ0v) is 17.1. The van der Waals surface area contributed by atoms with Crippen molar-refractivity contribution in [1.82, 2.24) is 0 Å². The standard InChI is InChI=1S/C20H22Cl2O5/c1-19(2,3)27-18(24)25-16-15(13-8-7-12(21)11-14(13)22)17(23)26-20(16)9-5-4-6-10-20/h7-8,11H,4-6,9-10H2,1-3H3. The second-order valence-corrected chi connectivity index (χ2v) is 8.68. The van der Waals surface area contributed by atoms with Crippen LogP contribution in [0.15, 0.2) is 24.0 Å². The Labute approximate surface area is 168 Å². The van der Waals surface area contributed by atoms with Gasteiger partial charge in [0, 0.05) is 10.6 Å². The molecule has 1 saturated carbocycles. The molecule has 2 aliphatic rings. The van der Waals surface area contributed by atoms with Crippen LogP contribution in [-0.2, 0) is 19.0 Å². The molecule has 1 heterocycles. The molecule has 0 bridgehead atoms. The highest BCUT2D eigenvalue weighted by molar-refractivity contribution is 6.37. The Morgan fingerprint density at radius 1 is 1.15 bits per heavy atom. The molecule has 0 radical (unpaired) electrons. The Balaban J connectivity index is 2.08. The van der Waals surface area contributed by atoms with E-state index in [0.717, 1.165) is 19.3 Å². The van der Waals surface area contributed by atoms with E-state index in [9.17, 15) is 9.59 Å². The van der Waals surface area contributed by atoms with Gasteiger partial charge in [0.1, 0.15) is 11.2 Å². The first-order valence-corrected chi connectivity index (χ1v) is 9.71. The highest BCUT2D eigenvalue weighted by Crippen LogP contribution is 2.48. The number of hydrogen-bond acceptors (Lipinski definition) is 5. The molecule has 5 nitrogen and oxygen atoms in total. The van der Waals surface area contributed by atoms with E-state index in [1.165, 1.54) is 6.07 Å². The van der Waals surface area contributed by atoms with Crippen molar-refractivity contribution in [3.63, 3.8) is 0 Å². The van der Waals surface area contributed by atoms with Crippen molar-refractivity contribution in [1.29, 1.82) is 0 Å². The number of esters is 1. The van der Waals surface area contributed by atoms with E-state index in [4.69, 9.17) is 37.4 Å². The average molecular weight is 413 g/mol. The van der Waals surface area contributed by atoms with Gasteiger partial charge in [0.15, 0.2) is 11.4 Å². The van der Waals surface area contributed by atoms with E-state index in [1.807, 2.05) is 0 Å². The third-order valence-electron chi connectivity index (χ3n) is 4.57. The molecule has 3 rings (SSSR count). The SMILES string of the molecule is CC(C)(C)OC(=O)OC1=C(c2ccc(Cl)cc2Cl)C(=O)OC12CCCCC2. The number of carbonyl (C=O) groups excluding carboxylic acids is 2. The summed E-state index contributed by atoms with van der Waals surface area (Å²) in [5, 5.41) is 0.727. The minimum atomic E-state index is -0.954. The molecule has 1 fully saturated rings. The number of ether oxygens (including phenoxy) is 3. The molecule has 1 aromatic rings. The number of hydrogen-bond donors (Lipinski definition) is 0. The summed E-state index contributed by atoms with van der Waals surface area (Å²) in [7, 11) is 0. The first kappa shape index (κ1) is 20.0. The van der Waals surface area contributed by atoms with Crippen LogP contribution in [0.3, 0.4) is 0 Å². The molecular formula is C20H22Cl2O5. The predicted octanol–water partition coefficient (Wildman–Crippen LogP) is 5.92. The highest BCUT2D eigenvalue weighted by Gasteiger charge is 2.51. The van der Waals surface area contributed by atoms with Gasteiger partial charge in [-0.2, -0.15) is 0 Å². The Morgan fingerprint density at radius 3 is 2.41 bits per heavy atom. The number of benzene rings is 1. The second-order valence-electron chi connectivity index (χ2n) is 7.84. The van der Waals surface area contributed by atoms with Crippen molar-refractivity contribution >= 4 is 40.9 Å². The van der Waals surface area contributed by atoms with Gasteiger partial charge in [-0.05, 0) is 58.6 Å². The molecule has 0 amide bonds. The van der Waals surface area contributed by atoms with Crippen LogP contribution in [0.1, 0.15) is 58.4 Å². The fourth-order valence-corrected chi connectivity index (χ4v) is 3.97. The minimum absolute atomic E-state index is 0.157. The number of rotatable bonds is 2. The summed E-state index contributed by atoms with van der Waals surface area (Å²) in [4.78, 5) is 25.1. The fraction of sp³-hybridized carbons (Fsp3) is 0.500. The molecule has 146 valence electrons. The van der Waals surface area contributed by atoms with E-state index >= 15 is 0 Å². The molecule has 0 atom stereocenters. The highest BCUT2D eigenvalue weighted by atomic mass is 35.5. The third-order valence-corrected chi connectivity index (χ3v) is 5.12. The largest absolute Gasteiger partial charge is 0.514 e. The minimum Gasteiger partial charge on any atom is -0.447 e.